The number of guanidine groups is 1. The van der Waals surface area contributed by atoms with E-state index in [1.807, 2.05) is 75.5 Å². The van der Waals surface area contributed by atoms with Crippen molar-refractivity contribution in [3.63, 3.8) is 0 Å². The highest BCUT2D eigenvalue weighted by Crippen LogP contribution is 2.20. The Kier molecular flexibility index (Phi) is 7.32. The summed E-state index contributed by atoms with van der Waals surface area (Å²) in [5.41, 5.74) is 4.95. The molecule has 0 aliphatic rings. The lowest BCUT2D eigenvalue weighted by Crippen LogP contribution is -2.39. The average Bonchev–Trinajstić information content (AvgIpc) is 3.23. The van der Waals surface area contributed by atoms with Crippen LogP contribution >= 0.6 is 0 Å². The minimum atomic E-state index is -0.276. The van der Waals surface area contributed by atoms with Crippen LogP contribution in [0.2, 0.25) is 0 Å². The molecule has 2 heterocycles. The van der Waals surface area contributed by atoms with Crippen LogP contribution in [0.4, 0.5) is 5.95 Å². The number of aromatic nitrogens is 3. The van der Waals surface area contributed by atoms with Crippen molar-refractivity contribution in [1.82, 2.24) is 20.3 Å². The second-order valence-corrected chi connectivity index (χ2v) is 8.30. The standard InChI is InChI=1S/C27H30N6O/c1-4-22(20-10-6-5-7-11-20)25(34)32-26(33-27-30-18(2)16-19(3)31-27)28-15-14-21-17-29-24-13-9-8-12-23(21)24/h5-13,16-17,22,29H,4,14-15H2,1-3H3,(H2,28,30,31,32,33,34). The Hall–Kier alpha value is -4.00. The predicted octanol–water partition coefficient (Wildman–Crippen LogP) is 4.90. The molecule has 0 aliphatic carbocycles. The summed E-state index contributed by atoms with van der Waals surface area (Å²) in [5.74, 6) is 0.374. The Morgan fingerprint density at radius 2 is 1.74 bits per heavy atom. The van der Waals surface area contributed by atoms with Gasteiger partial charge in [-0.1, -0.05) is 55.5 Å². The molecule has 4 rings (SSSR count). The van der Waals surface area contributed by atoms with E-state index in [4.69, 9.17) is 4.99 Å². The van der Waals surface area contributed by atoms with Crippen molar-refractivity contribution in [2.75, 3.05) is 11.9 Å². The van der Waals surface area contributed by atoms with E-state index in [9.17, 15) is 4.79 Å². The molecular formula is C27H30N6O. The van der Waals surface area contributed by atoms with Crippen molar-refractivity contribution in [3.05, 3.63) is 89.4 Å². The quantitative estimate of drug-likeness (QED) is 0.274. The SMILES string of the molecule is CCC(C(=O)NC(=NCCc1c[nH]c2ccccc12)Nc1nc(C)cc(C)n1)c1ccccc1. The van der Waals surface area contributed by atoms with Crippen molar-refractivity contribution in [2.24, 2.45) is 4.99 Å². The number of rotatable bonds is 7. The van der Waals surface area contributed by atoms with E-state index in [0.29, 0.717) is 24.9 Å². The molecule has 0 saturated heterocycles. The Morgan fingerprint density at radius 3 is 2.47 bits per heavy atom. The van der Waals surface area contributed by atoms with Gasteiger partial charge in [0.1, 0.15) is 0 Å². The third-order valence-corrected chi connectivity index (χ3v) is 5.71. The summed E-state index contributed by atoms with van der Waals surface area (Å²) < 4.78 is 0. The number of hydrogen-bond donors (Lipinski definition) is 3. The minimum absolute atomic E-state index is 0.114. The summed E-state index contributed by atoms with van der Waals surface area (Å²) in [6, 6.07) is 19.9. The first-order valence-electron chi connectivity index (χ1n) is 11.6. The van der Waals surface area contributed by atoms with Gasteiger partial charge in [-0.3, -0.25) is 20.4 Å². The number of carbonyl (C=O) groups is 1. The number of nitrogens with zero attached hydrogens (tertiary/aromatic N) is 3. The fraction of sp³-hybridized carbons (Fsp3) is 0.259. The van der Waals surface area contributed by atoms with Crippen molar-refractivity contribution < 1.29 is 4.79 Å². The zero-order valence-corrected chi connectivity index (χ0v) is 19.8. The van der Waals surface area contributed by atoms with Crippen LogP contribution in [-0.4, -0.2) is 33.4 Å². The van der Waals surface area contributed by atoms with Crippen LogP contribution in [0.5, 0.6) is 0 Å². The Bertz CT molecular complexity index is 1270. The van der Waals surface area contributed by atoms with Gasteiger partial charge < -0.3 is 4.98 Å². The molecule has 1 atom stereocenters. The molecule has 1 unspecified atom stereocenters. The highest BCUT2D eigenvalue weighted by atomic mass is 16.2. The van der Waals surface area contributed by atoms with Gasteiger partial charge in [-0.2, -0.15) is 0 Å². The van der Waals surface area contributed by atoms with Gasteiger partial charge in [-0.15, -0.1) is 0 Å². The molecule has 2 aromatic heterocycles. The van der Waals surface area contributed by atoms with E-state index in [0.717, 1.165) is 28.9 Å². The molecular weight excluding hydrogens is 424 g/mol. The lowest BCUT2D eigenvalue weighted by atomic mass is 9.96. The Balaban J connectivity index is 1.54. The number of amides is 1. The Morgan fingerprint density at radius 1 is 1.03 bits per heavy atom. The van der Waals surface area contributed by atoms with E-state index in [1.54, 1.807) is 0 Å². The van der Waals surface area contributed by atoms with Gasteiger partial charge in [0, 0.05) is 35.0 Å². The van der Waals surface area contributed by atoms with Gasteiger partial charge in [0.15, 0.2) is 0 Å². The summed E-state index contributed by atoms with van der Waals surface area (Å²) in [4.78, 5) is 30.1. The molecule has 0 saturated carbocycles. The van der Waals surface area contributed by atoms with Crippen LogP contribution in [0.25, 0.3) is 10.9 Å². The average molecular weight is 455 g/mol. The highest BCUT2D eigenvalue weighted by molar-refractivity contribution is 6.05. The summed E-state index contributed by atoms with van der Waals surface area (Å²) in [5, 5.41) is 7.29. The second kappa shape index (κ2) is 10.7. The Labute approximate surface area is 199 Å². The summed E-state index contributed by atoms with van der Waals surface area (Å²) in [6.45, 7) is 6.33. The molecule has 34 heavy (non-hydrogen) atoms. The number of aryl methyl sites for hydroxylation is 2. The number of carbonyl (C=O) groups excluding carboxylic acids is 1. The van der Waals surface area contributed by atoms with Gasteiger partial charge in [0.25, 0.3) is 0 Å². The zero-order valence-electron chi connectivity index (χ0n) is 19.8. The number of para-hydroxylation sites is 1. The van der Waals surface area contributed by atoms with Crippen LogP contribution < -0.4 is 10.6 Å². The first-order valence-corrected chi connectivity index (χ1v) is 11.6. The monoisotopic (exact) mass is 454 g/mol. The lowest BCUT2D eigenvalue weighted by Gasteiger charge is -2.17. The molecule has 0 fully saturated rings. The van der Waals surface area contributed by atoms with Crippen LogP contribution in [0.3, 0.4) is 0 Å². The fourth-order valence-electron chi connectivity index (χ4n) is 4.09. The normalized spacial score (nSPS) is 12.5. The maximum absolute atomic E-state index is 13.2. The smallest absolute Gasteiger partial charge is 0.234 e. The molecule has 3 N–H and O–H groups in total. The molecule has 7 heteroatoms. The van der Waals surface area contributed by atoms with E-state index in [-0.39, 0.29) is 11.8 Å². The molecule has 0 spiro atoms. The molecule has 2 aromatic carbocycles. The minimum Gasteiger partial charge on any atom is -0.361 e. The van der Waals surface area contributed by atoms with Gasteiger partial charge in [0.2, 0.25) is 17.8 Å². The van der Waals surface area contributed by atoms with Crippen LogP contribution in [-0.2, 0) is 11.2 Å². The molecule has 4 aromatic rings. The maximum Gasteiger partial charge on any atom is 0.234 e. The zero-order chi connectivity index (χ0) is 23.9. The topological polar surface area (TPSA) is 95.1 Å². The number of hydrogen-bond acceptors (Lipinski definition) is 4. The largest absolute Gasteiger partial charge is 0.361 e. The van der Waals surface area contributed by atoms with E-state index in [2.05, 4.69) is 37.7 Å². The van der Waals surface area contributed by atoms with Crippen molar-refractivity contribution in [2.45, 2.75) is 39.5 Å². The summed E-state index contributed by atoms with van der Waals surface area (Å²) in [7, 11) is 0. The van der Waals surface area contributed by atoms with Gasteiger partial charge in [0.05, 0.1) is 5.92 Å². The molecule has 0 aliphatic heterocycles. The number of fused-ring (bicyclic) bond motifs is 1. The molecule has 0 radical (unpaired) electrons. The van der Waals surface area contributed by atoms with Crippen LogP contribution in [0, 0.1) is 13.8 Å². The first kappa shape index (κ1) is 23.2. The number of nitrogens with one attached hydrogen (secondary N) is 3. The van der Waals surface area contributed by atoms with E-state index >= 15 is 0 Å². The first-order chi connectivity index (χ1) is 16.5. The number of benzene rings is 2. The number of anilines is 1. The van der Waals surface area contributed by atoms with Gasteiger partial charge >= 0.3 is 0 Å². The van der Waals surface area contributed by atoms with E-state index in [1.165, 1.54) is 10.9 Å². The highest BCUT2D eigenvalue weighted by Gasteiger charge is 2.20. The number of aliphatic imine (C=N–C) groups is 1. The third-order valence-electron chi connectivity index (χ3n) is 5.71. The van der Waals surface area contributed by atoms with Gasteiger partial charge in [-0.25, -0.2) is 9.97 Å². The molecule has 174 valence electrons. The summed E-state index contributed by atoms with van der Waals surface area (Å²) in [6.07, 6.45) is 3.43. The molecule has 1 amide bonds. The van der Waals surface area contributed by atoms with Crippen molar-refractivity contribution in [1.29, 1.82) is 0 Å². The molecule has 0 bridgehead atoms. The van der Waals surface area contributed by atoms with Gasteiger partial charge in [-0.05, 0) is 49.9 Å². The summed E-state index contributed by atoms with van der Waals surface area (Å²) >= 11 is 0. The third kappa shape index (κ3) is 5.67. The lowest BCUT2D eigenvalue weighted by molar-refractivity contribution is -0.121. The van der Waals surface area contributed by atoms with Crippen LogP contribution in [0.1, 0.15) is 41.8 Å². The predicted molar refractivity (Wildman–Crippen MR) is 137 cm³/mol. The van der Waals surface area contributed by atoms with Crippen molar-refractivity contribution in [3.8, 4) is 0 Å². The number of H-pyrrole nitrogens is 1. The van der Waals surface area contributed by atoms with Crippen LogP contribution in [0.15, 0.2) is 71.9 Å². The van der Waals surface area contributed by atoms with E-state index < -0.39 is 0 Å². The second-order valence-electron chi connectivity index (χ2n) is 8.30. The maximum atomic E-state index is 13.2. The fourth-order valence-corrected chi connectivity index (χ4v) is 4.09. The van der Waals surface area contributed by atoms with Crippen molar-refractivity contribution >= 4 is 28.7 Å². The number of aromatic amines is 1. The molecule has 7 nitrogen and oxygen atoms in total.